The smallest absolute Gasteiger partial charge is 0.0544 e. The summed E-state index contributed by atoms with van der Waals surface area (Å²) in [6, 6.07) is 6.20. The van der Waals surface area contributed by atoms with Crippen LogP contribution in [0, 0.1) is 6.92 Å². The summed E-state index contributed by atoms with van der Waals surface area (Å²) in [6.07, 6.45) is 4.02. The van der Waals surface area contributed by atoms with E-state index in [4.69, 9.17) is 0 Å². The van der Waals surface area contributed by atoms with E-state index in [9.17, 15) is 0 Å². The molecule has 1 aliphatic heterocycles. The van der Waals surface area contributed by atoms with Gasteiger partial charge in [0.15, 0.2) is 0 Å². The van der Waals surface area contributed by atoms with Crippen LogP contribution in [0.15, 0.2) is 18.2 Å². The van der Waals surface area contributed by atoms with Gasteiger partial charge < -0.3 is 10.2 Å². The second-order valence-corrected chi connectivity index (χ2v) is 4.85. The van der Waals surface area contributed by atoms with Crippen LogP contribution in [0.1, 0.15) is 30.7 Å². The first-order valence-corrected chi connectivity index (χ1v) is 6.70. The summed E-state index contributed by atoms with van der Waals surface area (Å²) in [5.41, 5.74) is 2.24. The molecule has 1 saturated heterocycles. The van der Waals surface area contributed by atoms with Crippen molar-refractivity contribution < 1.29 is 0 Å². The molecule has 1 aromatic rings. The largest absolute Gasteiger partial charge is 0.311 e. The molecule has 3 heteroatoms. The lowest BCUT2D eigenvalue weighted by Crippen LogP contribution is -2.24. The molecule has 0 saturated carbocycles. The summed E-state index contributed by atoms with van der Waals surface area (Å²) in [5.74, 6) is 0. The van der Waals surface area contributed by atoms with Gasteiger partial charge in [0, 0.05) is 12.2 Å². The Labute approximate surface area is 104 Å². The topological polar surface area (TPSA) is 28.2 Å². The van der Waals surface area contributed by atoms with Crippen molar-refractivity contribution in [1.29, 1.82) is 0 Å². The van der Waals surface area contributed by atoms with Crippen LogP contribution < -0.4 is 5.32 Å². The van der Waals surface area contributed by atoms with E-state index in [2.05, 4.69) is 27.3 Å². The van der Waals surface area contributed by atoms with Crippen molar-refractivity contribution in [3.63, 3.8) is 0 Å². The van der Waals surface area contributed by atoms with Crippen LogP contribution in [0.25, 0.3) is 0 Å². The summed E-state index contributed by atoms with van der Waals surface area (Å²) < 4.78 is 0. The zero-order chi connectivity index (χ0) is 11.9. The predicted molar refractivity (Wildman–Crippen MR) is 71.0 cm³/mol. The third-order valence-corrected chi connectivity index (χ3v) is 3.28. The molecular weight excluding hydrogens is 210 g/mol. The average Bonchev–Trinajstić information content (AvgIpc) is 2.82. The van der Waals surface area contributed by atoms with Gasteiger partial charge in [-0.15, -0.1) is 0 Å². The number of nitrogens with one attached hydrogen (secondary N) is 1. The van der Waals surface area contributed by atoms with Gasteiger partial charge in [-0.3, -0.25) is 4.98 Å². The van der Waals surface area contributed by atoms with Crippen molar-refractivity contribution in [3.8, 4) is 0 Å². The molecule has 0 aromatic carbocycles. The Morgan fingerprint density at radius 1 is 1.29 bits per heavy atom. The Hall–Kier alpha value is -0.930. The van der Waals surface area contributed by atoms with Crippen molar-refractivity contribution in [2.45, 2.75) is 32.7 Å². The normalized spacial score (nSPS) is 16.5. The molecule has 0 atom stereocenters. The standard InChI is InChI=1S/C14H23N3/c1-13-6-4-7-14(16-13)12-15-8-5-11-17-9-2-3-10-17/h4,6-7,15H,2-3,5,8-12H2,1H3. The average molecular weight is 233 g/mol. The maximum Gasteiger partial charge on any atom is 0.0544 e. The number of aryl methyl sites for hydroxylation is 1. The van der Waals surface area contributed by atoms with E-state index >= 15 is 0 Å². The third-order valence-electron chi connectivity index (χ3n) is 3.28. The summed E-state index contributed by atoms with van der Waals surface area (Å²) in [5, 5.41) is 3.46. The van der Waals surface area contributed by atoms with Crippen LogP contribution in [0.2, 0.25) is 0 Å². The first-order chi connectivity index (χ1) is 8.34. The fourth-order valence-corrected chi connectivity index (χ4v) is 2.35. The molecule has 17 heavy (non-hydrogen) atoms. The van der Waals surface area contributed by atoms with Crippen molar-refractivity contribution in [2.24, 2.45) is 0 Å². The van der Waals surface area contributed by atoms with Gasteiger partial charge in [-0.05, 0) is 64.5 Å². The molecule has 94 valence electrons. The first-order valence-electron chi connectivity index (χ1n) is 6.70. The summed E-state index contributed by atoms with van der Waals surface area (Å²) in [4.78, 5) is 7.04. The van der Waals surface area contributed by atoms with Gasteiger partial charge in [0.2, 0.25) is 0 Å². The van der Waals surface area contributed by atoms with Crippen molar-refractivity contribution in [3.05, 3.63) is 29.6 Å². The molecule has 2 heterocycles. The minimum atomic E-state index is 0.891. The summed E-state index contributed by atoms with van der Waals surface area (Å²) in [7, 11) is 0. The van der Waals surface area contributed by atoms with Crippen LogP contribution in [0.5, 0.6) is 0 Å². The van der Waals surface area contributed by atoms with Gasteiger partial charge in [0.25, 0.3) is 0 Å². The fraction of sp³-hybridized carbons (Fsp3) is 0.643. The number of nitrogens with zero attached hydrogens (tertiary/aromatic N) is 2. The minimum Gasteiger partial charge on any atom is -0.311 e. The van der Waals surface area contributed by atoms with Gasteiger partial charge in [-0.1, -0.05) is 6.07 Å². The van der Waals surface area contributed by atoms with E-state index in [1.165, 1.54) is 38.9 Å². The lowest BCUT2D eigenvalue weighted by atomic mass is 10.3. The third kappa shape index (κ3) is 4.44. The molecule has 0 amide bonds. The van der Waals surface area contributed by atoms with Crippen LogP contribution >= 0.6 is 0 Å². The SMILES string of the molecule is Cc1cccc(CNCCCN2CCCC2)n1. The zero-order valence-electron chi connectivity index (χ0n) is 10.8. The molecule has 2 rings (SSSR count). The molecule has 0 unspecified atom stereocenters. The van der Waals surface area contributed by atoms with Crippen LogP contribution in [0.4, 0.5) is 0 Å². The number of likely N-dealkylation sites (tertiary alicyclic amines) is 1. The van der Waals surface area contributed by atoms with E-state index in [0.717, 1.165) is 24.5 Å². The predicted octanol–water partition coefficient (Wildman–Crippen LogP) is 1.97. The molecule has 0 spiro atoms. The maximum absolute atomic E-state index is 4.48. The molecule has 1 aromatic heterocycles. The highest BCUT2D eigenvalue weighted by Crippen LogP contribution is 2.06. The van der Waals surface area contributed by atoms with Crippen LogP contribution in [0.3, 0.4) is 0 Å². The van der Waals surface area contributed by atoms with E-state index in [1.54, 1.807) is 0 Å². The van der Waals surface area contributed by atoms with E-state index in [-0.39, 0.29) is 0 Å². The Bertz CT molecular complexity index is 332. The van der Waals surface area contributed by atoms with E-state index < -0.39 is 0 Å². The highest BCUT2D eigenvalue weighted by atomic mass is 15.1. The molecular formula is C14H23N3. The summed E-state index contributed by atoms with van der Waals surface area (Å²) in [6.45, 7) is 7.87. The van der Waals surface area contributed by atoms with E-state index in [1.807, 2.05) is 13.0 Å². The number of pyridine rings is 1. The number of rotatable bonds is 6. The highest BCUT2D eigenvalue weighted by Gasteiger charge is 2.09. The highest BCUT2D eigenvalue weighted by molar-refractivity contribution is 5.09. The van der Waals surface area contributed by atoms with Crippen LogP contribution in [-0.2, 0) is 6.54 Å². The summed E-state index contributed by atoms with van der Waals surface area (Å²) >= 11 is 0. The lowest BCUT2D eigenvalue weighted by Gasteiger charge is -2.14. The molecule has 0 radical (unpaired) electrons. The number of hydrogen-bond acceptors (Lipinski definition) is 3. The minimum absolute atomic E-state index is 0.891. The first kappa shape index (κ1) is 12.5. The molecule has 0 bridgehead atoms. The van der Waals surface area contributed by atoms with Crippen molar-refractivity contribution in [1.82, 2.24) is 15.2 Å². The Balaban J connectivity index is 1.56. The van der Waals surface area contributed by atoms with Gasteiger partial charge in [-0.2, -0.15) is 0 Å². The van der Waals surface area contributed by atoms with Gasteiger partial charge >= 0.3 is 0 Å². The molecule has 1 aliphatic rings. The van der Waals surface area contributed by atoms with Gasteiger partial charge in [0.05, 0.1) is 5.69 Å². The number of aromatic nitrogens is 1. The molecule has 1 N–H and O–H groups in total. The molecule has 1 fully saturated rings. The van der Waals surface area contributed by atoms with E-state index in [0.29, 0.717) is 0 Å². The van der Waals surface area contributed by atoms with Crippen LogP contribution in [-0.4, -0.2) is 36.1 Å². The maximum atomic E-state index is 4.48. The lowest BCUT2D eigenvalue weighted by molar-refractivity contribution is 0.331. The fourth-order valence-electron chi connectivity index (χ4n) is 2.35. The zero-order valence-corrected chi connectivity index (χ0v) is 10.8. The Morgan fingerprint density at radius 3 is 2.88 bits per heavy atom. The number of hydrogen-bond donors (Lipinski definition) is 1. The second kappa shape index (κ2) is 6.72. The van der Waals surface area contributed by atoms with Gasteiger partial charge in [0.1, 0.15) is 0 Å². The Morgan fingerprint density at radius 2 is 2.12 bits per heavy atom. The van der Waals surface area contributed by atoms with Crippen molar-refractivity contribution in [2.75, 3.05) is 26.2 Å². The van der Waals surface area contributed by atoms with Crippen molar-refractivity contribution >= 4 is 0 Å². The monoisotopic (exact) mass is 233 g/mol. The quantitative estimate of drug-likeness (QED) is 0.761. The Kier molecular flexibility index (Phi) is 4.95. The molecule has 3 nitrogen and oxygen atoms in total. The second-order valence-electron chi connectivity index (χ2n) is 4.85. The van der Waals surface area contributed by atoms with Gasteiger partial charge in [-0.25, -0.2) is 0 Å². The molecule has 0 aliphatic carbocycles.